The Balaban J connectivity index is 1.65. The van der Waals surface area contributed by atoms with Crippen LogP contribution in [0.2, 0.25) is 0 Å². The lowest BCUT2D eigenvalue weighted by atomic mass is 10.1. The van der Waals surface area contributed by atoms with Crippen LogP contribution in [0.15, 0.2) is 30.3 Å². The summed E-state index contributed by atoms with van der Waals surface area (Å²) in [6, 6.07) is 10.5. The average Bonchev–Trinajstić information content (AvgIpc) is 2.95. The zero-order valence-corrected chi connectivity index (χ0v) is 9.23. The van der Waals surface area contributed by atoms with Gasteiger partial charge in [0, 0.05) is 13.1 Å². The third kappa shape index (κ3) is 1.71. The summed E-state index contributed by atoms with van der Waals surface area (Å²) < 4.78 is 0. The van der Waals surface area contributed by atoms with Crippen molar-refractivity contribution in [1.82, 2.24) is 10.2 Å². The molecule has 2 fully saturated rings. The van der Waals surface area contributed by atoms with Gasteiger partial charge < -0.3 is 4.90 Å². The lowest BCUT2D eigenvalue weighted by Gasteiger charge is -2.13. The van der Waals surface area contributed by atoms with E-state index in [4.69, 9.17) is 0 Å². The van der Waals surface area contributed by atoms with Gasteiger partial charge in [0.25, 0.3) is 0 Å². The van der Waals surface area contributed by atoms with Crippen molar-refractivity contribution in [2.45, 2.75) is 24.9 Å². The van der Waals surface area contributed by atoms with Crippen LogP contribution < -0.4 is 5.32 Å². The minimum absolute atomic E-state index is 0.0282. The Labute approximate surface area is 95.4 Å². The first kappa shape index (κ1) is 9.85. The molecule has 3 heteroatoms. The second-order valence-corrected chi connectivity index (χ2v) is 4.57. The van der Waals surface area contributed by atoms with Crippen molar-refractivity contribution in [3.8, 4) is 0 Å². The molecule has 1 N–H and O–H groups in total. The van der Waals surface area contributed by atoms with E-state index >= 15 is 0 Å². The highest BCUT2D eigenvalue weighted by molar-refractivity contribution is 5.86. The fourth-order valence-electron chi connectivity index (χ4n) is 2.44. The monoisotopic (exact) mass is 216 g/mol. The molecule has 1 aromatic carbocycles. The van der Waals surface area contributed by atoms with Gasteiger partial charge in [0.1, 0.15) is 6.04 Å². The van der Waals surface area contributed by atoms with Gasteiger partial charge in [-0.1, -0.05) is 30.3 Å². The molecule has 0 spiro atoms. The molecular weight excluding hydrogens is 200 g/mol. The van der Waals surface area contributed by atoms with E-state index in [2.05, 4.69) is 17.4 Å². The van der Waals surface area contributed by atoms with Crippen LogP contribution in [0.25, 0.3) is 0 Å². The third-order valence-corrected chi connectivity index (χ3v) is 3.43. The number of hydrogen-bond donors (Lipinski definition) is 1. The van der Waals surface area contributed by atoms with E-state index in [-0.39, 0.29) is 18.0 Å². The van der Waals surface area contributed by atoms with Crippen molar-refractivity contribution in [2.24, 2.45) is 0 Å². The first-order valence-corrected chi connectivity index (χ1v) is 5.96. The summed E-state index contributed by atoms with van der Waals surface area (Å²) in [5.41, 5.74) is 1.22. The number of benzene rings is 1. The molecule has 2 aliphatic rings. The molecule has 0 aliphatic carbocycles. The van der Waals surface area contributed by atoms with Crippen molar-refractivity contribution in [1.29, 1.82) is 0 Å². The molecule has 0 unspecified atom stereocenters. The number of carbonyl (C=O) groups is 1. The number of rotatable bonds is 2. The molecule has 84 valence electrons. The molecule has 3 rings (SSSR count). The van der Waals surface area contributed by atoms with Crippen LogP contribution in [0, 0.1) is 0 Å². The zero-order valence-electron chi connectivity index (χ0n) is 9.23. The maximum absolute atomic E-state index is 12.1. The second-order valence-electron chi connectivity index (χ2n) is 4.57. The summed E-state index contributed by atoms with van der Waals surface area (Å²) in [6.07, 6.45) is 2.32. The average molecular weight is 216 g/mol. The van der Waals surface area contributed by atoms with Crippen LogP contribution in [0.1, 0.15) is 24.4 Å². The van der Waals surface area contributed by atoms with Crippen LogP contribution in [0.5, 0.6) is 0 Å². The highest BCUT2D eigenvalue weighted by Gasteiger charge is 2.45. The van der Waals surface area contributed by atoms with E-state index < -0.39 is 0 Å². The molecule has 2 saturated heterocycles. The molecule has 0 saturated carbocycles. The fourth-order valence-corrected chi connectivity index (χ4v) is 2.44. The van der Waals surface area contributed by atoms with Gasteiger partial charge in [0.15, 0.2) is 0 Å². The van der Waals surface area contributed by atoms with Crippen molar-refractivity contribution in [2.75, 3.05) is 13.1 Å². The molecule has 16 heavy (non-hydrogen) atoms. The van der Waals surface area contributed by atoms with Crippen molar-refractivity contribution in [3.05, 3.63) is 35.9 Å². The van der Waals surface area contributed by atoms with Crippen LogP contribution in [-0.4, -0.2) is 29.9 Å². The van der Waals surface area contributed by atoms with Gasteiger partial charge in [0.05, 0.1) is 6.04 Å². The lowest BCUT2D eigenvalue weighted by molar-refractivity contribution is -0.129. The highest BCUT2D eigenvalue weighted by Crippen LogP contribution is 2.31. The normalized spacial score (nSPS) is 28.1. The van der Waals surface area contributed by atoms with E-state index in [1.807, 2.05) is 23.1 Å². The van der Waals surface area contributed by atoms with Crippen molar-refractivity contribution < 1.29 is 4.79 Å². The lowest BCUT2D eigenvalue weighted by Crippen LogP contribution is -2.32. The molecule has 2 aliphatic heterocycles. The Morgan fingerprint density at radius 1 is 1.19 bits per heavy atom. The maximum atomic E-state index is 12.1. The van der Waals surface area contributed by atoms with E-state index in [1.54, 1.807) is 0 Å². The van der Waals surface area contributed by atoms with Crippen LogP contribution in [-0.2, 0) is 4.79 Å². The van der Waals surface area contributed by atoms with Gasteiger partial charge in [-0.15, -0.1) is 0 Å². The van der Waals surface area contributed by atoms with Crippen molar-refractivity contribution in [3.63, 3.8) is 0 Å². The van der Waals surface area contributed by atoms with Gasteiger partial charge >= 0.3 is 0 Å². The van der Waals surface area contributed by atoms with E-state index in [1.165, 1.54) is 5.56 Å². The largest absolute Gasteiger partial charge is 0.341 e. The number of likely N-dealkylation sites (tertiary alicyclic amines) is 1. The number of nitrogens with zero attached hydrogens (tertiary/aromatic N) is 1. The van der Waals surface area contributed by atoms with Gasteiger partial charge in [0.2, 0.25) is 5.91 Å². The fraction of sp³-hybridized carbons (Fsp3) is 0.462. The van der Waals surface area contributed by atoms with E-state index in [9.17, 15) is 4.79 Å². The summed E-state index contributed by atoms with van der Waals surface area (Å²) in [7, 11) is 0. The minimum Gasteiger partial charge on any atom is -0.341 e. The molecule has 0 bridgehead atoms. The molecule has 0 radical (unpaired) electrons. The molecule has 2 atom stereocenters. The minimum atomic E-state index is 0.0282. The summed E-state index contributed by atoms with van der Waals surface area (Å²) in [6.45, 7) is 1.89. The predicted octanol–water partition coefficient (Wildman–Crippen LogP) is 1.32. The number of nitrogens with one attached hydrogen (secondary N) is 1. The van der Waals surface area contributed by atoms with E-state index in [0.717, 1.165) is 25.9 Å². The molecule has 3 nitrogen and oxygen atoms in total. The number of amides is 1. The van der Waals surface area contributed by atoms with Gasteiger partial charge in [-0.05, 0) is 18.4 Å². The van der Waals surface area contributed by atoms with Gasteiger partial charge in [-0.2, -0.15) is 0 Å². The topological polar surface area (TPSA) is 42.3 Å². The van der Waals surface area contributed by atoms with Crippen molar-refractivity contribution >= 4 is 5.91 Å². The molecule has 1 aromatic rings. The Morgan fingerprint density at radius 3 is 2.56 bits per heavy atom. The number of hydrogen-bond acceptors (Lipinski definition) is 2. The van der Waals surface area contributed by atoms with Crippen LogP contribution in [0.4, 0.5) is 0 Å². The number of carbonyl (C=O) groups excluding carboxylic acids is 1. The second kappa shape index (κ2) is 3.91. The first-order chi connectivity index (χ1) is 7.86. The quantitative estimate of drug-likeness (QED) is 0.758. The zero-order chi connectivity index (χ0) is 11.0. The molecule has 0 aromatic heterocycles. The first-order valence-electron chi connectivity index (χ1n) is 5.96. The Kier molecular flexibility index (Phi) is 2.40. The Morgan fingerprint density at radius 2 is 1.88 bits per heavy atom. The van der Waals surface area contributed by atoms with Gasteiger partial charge in [-0.3, -0.25) is 10.1 Å². The molecule has 1 amide bonds. The summed E-state index contributed by atoms with van der Waals surface area (Å²) in [5.74, 6) is 0.284. The van der Waals surface area contributed by atoms with Crippen LogP contribution in [0.3, 0.4) is 0 Å². The summed E-state index contributed by atoms with van der Waals surface area (Å²) in [4.78, 5) is 14.0. The Hall–Kier alpha value is -1.35. The maximum Gasteiger partial charge on any atom is 0.241 e. The SMILES string of the molecule is O=C([C@@H]1N[C@H]1c1ccccc1)N1CCCC1. The Bertz CT molecular complexity index is 384. The summed E-state index contributed by atoms with van der Waals surface area (Å²) >= 11 is 0. The molecular formula is C13H16N2O. The predicted molar refractivity (Wildman–Crippen MR) is 61.9 cm³/mol. The van der Waals surface area contributed by atoms with Gasteiger partial charge in [-0.25, -0.2) is 0 Å². The molecule has 2 heterocycles. The smallest absolute Gasteiger partial charge is 0.241 e. The standard InChI is InChI=1S/C13H16N2O/c16-13(15-8-4-5-9-15)12-11(14-12)10-6-2-1-3-7-10/h1-3,6-7,11-12,14H,4-5,8-9H2/t11-,12+/m0/s1. The van der Waals surface area contributed by atoms with Crippen LogP contribution >= 0.6 is 0 Å². The highest BCUT2D eigenvalue weighted by atomic mass is 16.2. The van der Waals surface area contributed by atoms with E-state index in [0.29, 0.717) is 0 Å². The summed E-state index contributed by atoms with van der Waals surface area (Å²) in [5, 5.41) is 3.27. The third-order valence-electron chi connectivity index (χ3n) is 3.43.